The molecule has 1 amide bonds. The van der Waals surface area contributed by atoms with Crippen molar-refractivity contribution >= 4 is 16.9 Å². The first-order chi connectivity index (χ1) is 17.6. The van der Waals surface area contributed by atoms with Gasteiger partial charge >= 0.3 is 6.18 Å². The van der Waals surface area contributed by atoms with E-state index in [-0.39, 0.29) is 0 Å². The summed E-state index contributed by atoms with van der Waals surface area (Å²) >= 11 is 0. The zero-order valence-corrected chi connectivity index (χ0v) is 20.3. The first-order valence-corrected chi connectivity index (χ1v) is 11.7. The van der Waals surface area contributed by atoms with Crippen LogP contribution in [0.4, 0.5) is 13.2 Å². The molecule has 4 aromatic rings. The molecule has 194 valence electrons. The molecule has 0 aliphatic rings. The number of nitrogens with one attached hydrogen (secondary N) is 2. The summed E-state index contributed by atoms with van der Waals surface area (Å²) in [7, 11) is 0. The molecule has 4 N–H and O–H groups in total. The summed E-state index contributed by atoms with van der Waals surface area (Å²) < 4.78 is 44.0. The van der Waals surface area contributed by atoms with E-state index in [4.69, 9.17) is 10.5 Å². The van der Waals surface area contributed by atoms with E-state index in [9.17, 15) is 18.0 Å². The third-order valence-electron chi connectivity index (χ3n) is 6.12. The Labute approximate surface area is 211 Å². The van der Waals surface area contributed by atoms with Crippen LogP contribution in [0.15, 0.2) is 61.3 Å². The highest BCUT2D eigenvalue weighted by atomic mass is 19.4. The minimum Gasteiger partial charge on any atom is -0.492 e. The van der Waals surface area contributed by atoms with Crippen molar-refractivity contribution in [1.82, 2.24) is 25.3 Å². The van der Waals surface area contributed by atoms with E-state index in [0.717, 1.165) is 16.6 Å². The number of amides is 1. The van der Waals surface area contributed by atoms with Crippen LogP contribution in [0.25, 0.3) is 22.2 Å². The van der Waals surface area contributed by atoms with Crippen LogP contribution in [0.2, 0.25) is 0 Å². The zero-order valence-electron chi connectivity index (χ0n) is 20.3. The lowest BCUT2D eigenvalue weighted by Gasteiger charge is -2.32. The summed E-state index contributed by atoms with van der Waals surface area (Å²) in [6.45, 7) is 2.29. The smallest absolute Gasteiger partial charge is 0.405 e. The molecule has 0 saturated carbocycles. The third-order valence-corrected chi connectivity index (χ3v) is 6.12. The van der Waals surface area contributed by atoms with E-state index >= 15 is 0 Å². The van der Waals surface area contributed by atoms with Crippen LogP contribution < -0.4 is 15.8 Å². The van der Waals surface area contributed by atoms with Crippen molar-refractivity contribution in [3.63, 3.8) is 0 Å². The molecule has 0 aliphatic carbocycles. The zero-order chi connectivity index (χ0) is 26.6. The quantitative estimate of drug-likeness (QED) is 0.310. The van der Waals surface area contributed by atoms with Gasteiger partial charge in [-0.3, -0.25) is 14.8 Å². The Bertz CT molecular complexity index is 1370. The van der Waals surface area contributed by atoms with Crippen LogP contribution in [0, 0.1) is 5.92 Å². The van der Waals surface area contributed by atoms with Gasteiger partial charge in [0.2, 0.25) is 5.91 Å². The van der Waals surface area contributed by atoms with Crippen molar-refractivity contribution in [2.24, 2.45) is 11.7 Å². The predicted molar refractivity (Wildman–Crippen MR) is 133 cm³/mol. The molecule has 0 unspecified atom stereocenters. The number of hydrogen-bond acceptors (Lipinski definition) is 6. The Morgan fingerprint density at radius 2 is 1.97 bits per heavy atom. The minimum atomic E-state index is -4.55. The van der Waals surface area contributed by atoms with E-state index in [1.807, 2.05) is 29.6 Å². The molecule has 0 fully saturated rings. The molecule has 0 aromatic carbocycles. The number of halogens is 3. The molecule has 0 radical (unpaired) electrons. The van der Waals surface area contributed by atoms with Crippen LogP contribution >= 0.6 is 0 Å². The number of fused-ring (bicyclic) bond motifs is 1. The van der Waals surface area contributed by atoms with E-state index < -0.39 is 30.1 Å². The van der Waals surface area contributed by atoms with E-state index in [0.29, 0.717) is 35.6 Å². The average Bonchev–Trinajstić information content (AvgIpc) is 3.30. The number of alkyl halides is 3. The van der Waals surface area contributed by atoms with Crippen molar-refractivity contribution in [3.05, 3.63) is 72.6 Å². The maximum absolute atomic E-state index is 12.8. The summed E-state index contributed by atoms with van der Waals surface area (Å²) in [5, 5.41) is 2.66. The molecule has 4 aromatic heterocycles. The van der Waals surface area contributed by atoms with Crippen LogP contribution in [0.3, 0.4) is 0 Å². The maximum Gasteiger partial charge on any atom is 0.405 e. The second-order valence-corrected chi connectivity index (χ2v) is 8.97. The Morgan fingerprint density at radius 3 is 2.68 bits per heavy atom. The monoisotopic (exact) mass is 512 g/mol. The molecule has 11 heteroatoms. The summed E-state index contributed by atoms with van der Waals surface area (Å²) in [6.07, 6.45) is 4.16. The van der Waals surface area contributed by atoms with Gasteiger partial charge in [-0.1, -0.05) is 19.9 Å². The fourth-order valence-electron chi connectivity index (χ4n) is 3.99. The van der Waals surface area contributed by atoms with Crippen LogP contribution in [0.5, 0.6) is 5.75 Å². The van der Waals surface area contributed by atoms with Gasteiger partial charge in [-0.25, -0.2) is 4.98 Å². The number of aromatic amines is 1. The number of carbonyl (C=O) groups excluding carboxylic acids is 1. The molecule has 4 heterocycles. The molecule has 0 aliphatic heterocycles. The molecule has 37 heavy (non-hydrogen) atoms. The average molecular weight is 513 g/mol. The van der Waals surface area contributed by atoms with E-state index in [1.165, 1.54) is 6.20 Å². The number of nitrogens with two attached hydrogens (primary N) is 1. The highest BCUT2D eigenvalue weighted by Crippen LogP contribution is 2.34. The number of ether oxygens (including phenoxy) is 1. The predicted octanol–water partition coefficient (Wildman–Crippen LogP) is 4.13. The van der Waals surface area contributed by atoms with Gasteiger partial charge in [0.1, 0.15) is 23.5 Å². The molecule has 8 nitrogen and oxygen atoms in total. The Kier molecular flexibility index (Phi) is 7.44. The first kappa shape index (κ1) is 26.1. The van der Waals surface area contributed by atoms with Gasteiger partial charge in [0, 0.05) is 59.0 Å². The van der Waals surface area contributed by atoms with Gasteiger partial charge < -0.3 is 20.8 Å². The van der Waals surface area contributed by atoms with Crippen molar-refractivity contribution in [2.75, 3.05) is 13.2 Å². The lowest BCUT2D eigenvalue weighted by atomic mass is 9.80. The van der Waals surface area contributed by atoms with Crippen molar-refractivity contribution in [3.8, 4) is 16.9 Å². The standard InChI is InChI=1S/C26H27F3N6O2/c1-16(2)26(30,24(36)35-15-25(27,28)29)18-9-17(11-31-12-18)22-14-34-23-21(22)10-20(13-33-23)37-8-6-19-5-3-4-7-32-19/h3-5,7,9-14,16H,6,8,15,30H2,1-2H3,(H,33,34)(H,35,36)/t26-/m1/s1. The molecule has 0 bridgehead atoms. The summed E-state index contributed by atoms with van der Waals surface area (Å²) in [5.41, 5.74) is 7.88. The fraction of sp³-hybridized carbons (Fsp3) is 0.308. The fourth-order valence-corrected chi connectivity index (χ4v) is 3.99. The molecular formula is C26H27F3N6O2. The van der Waals surface area contributed by atoms with Crippen molar-refractivity contribution < 1.29 is 22.7 Å². The minimum absolute atomic E-state index is 0.296. The van der Waals surface area contributed by atoms with Crippen LogP contribution in [-0.2, 0) is 16.8 Å². The van der Waals surface area contributed by atoms with Gasteiger partial charge in [-0.05, 0) is 30.2 Å². The summed E-state index contributed by atoms with van der Waals surface area (Å²) in [4.78, 5) is 28.8. The number of nitrogens with zero attached hydrogens (tertiary/aromatic N) is 3. The number of aromatic nitrogens is 4. The molecule has 0 spiro atoms. The van der Waals surface area contributed by atoms with Gasteiger partial charge in [0.05, 0.1) is 12.8 Å². The third kappa shape index (κ3) is 5.88. The Morgan fingerprint density at radius 1 is 1.16 bits per heavy atom. The SMILES string of the molecule is CC(C)[C@](N)(C(=O)NCC(F)(F)F)c1cncc(-c2c[nH]c3ncc(OCCc4ccccn4)cc23)c1. The summed E-state index contributed by atoms with van der Waals surface area (Å²) in [5.74, 6) is -0.875. The number of rotatable bonds is 9. The lowest BCUT2D eigenvalue weighted by molar-refractivity contribution is -0.143. The highest BCUT2D eigenvalue weighted by Gasteiger charge is 2.41. The molecule has 0 saturated heterocycles. The highest BCUT2D eigenvalue weighted by molar-refractivity contribution is 5.95. The lowest BCUT2D eigenvalue weighted by Crippen LogP contribution is -2.56. The maximum atomic E-state index is 12.8. The number of hydrogen-bond donors (Lipinski definition) is 3. The van der Waals surface area contributed by atoms with Crippen LogP contribution in [-0.4, -0.2) is 45.2 Å². The van der Waals surface area contributed by atoms with Gasteiger partial charge in [0.15, 0.2) is 0 Å². The normalized spacial score (nSPS) is 13.5. The van der Waals surface area contributed by atoms with Crippen molar-refractivity contribution in [2.45, 2.75) is 32.0 Å². The number of pyridine rings is 3. The topological polar surface area (TPSA) is 119 Å². The number of H-pyrrole nitrogens is 1. The van der Waals surface area contributed by atoms with E-state index in [2.05, 4.69) is 19.9 Å². The first-order valence-electron chi connectivity index (χ1n) is 11.7. The van der Waals surface area contributed by atoms with Crippen LogP contribution in [0.1, 0.15) is 25.1 Å². The van der Waals surface area contributed by atoms with Gasteiger partial charge in [0.25, 0.3) is 0 Å². The van der Waals surface area contributed by atoms with Crippen molar-refractivity contribution in [1.29, 1.82) is 0 Å². The molecular weight excluding hydrogens is 485 g/mol. The largest absolute Gasteiger partial charge is 0.492 e. The second kappa shape index (κ2) is 10.6. The van der Waals surface area contributed by atoms with Gasteiger partial charge in [-0.15, -0.1) is 0 Å². The molecule has 1 atom stereocenters. The van der Waals surface area contributed by atoms with Gasteiger partial charge in [-0.2, -0.15) is 13.2 Å². The Balaban J connectivity index is 1.60. The Hall–Kier alpha value is -3.99. The van der Waals surface area contributed by atoms with E-state index in [1.54, 1.807) is 44.7 Å². The molecule has 4 rings (SSSR count). The summed E-state index contributed by atoms with van der Waals surface area (Å²) in [6, 6.07) is 9.20. The second-order valence-electron chi connectivity index (χ2n) is 8.97. The number of carbonyl (C=O) groups is 1.